The zero-order chi connectivity index (χ0) is 22.7. The number of aromatic nitrogens is 3. The fourth-order valence-corrected chi connectivity index (χ4v) is 4.72. The smallest absolute Gasteiger partial charge is 0.264 e. The molecule has 0 aliphatic heterocycles. The van der Waals surface area contributed by atoms with Crippen molar-refractivity contribution in [1.82, 2.24) is 14.6 Å². The first kappa shape index (κ1) is 21.5. The number of anilines is 2. The quantitative estimate of drug-likeness (QED) is 0.414. The van der Waals surface area contributed by atoms with E-state index in [9.17, 15) is 13.2 Å². The Bertz CT molecular complexity index is 1400. The predicted molar refractivity (Wildman–Crippen MR) is 124 cm³/mol. The Labute approximate surface area is 189 Å². The Morgan fingerprint density at radius 3 is 2.66 bits per heavy atom. The molecule has 0 aliphatic carbocycles. The van der Waals surface area contributed by atoms with Crippen LogP contribution in [-0.4, -0.2) is 35.5 Å². The first-order valence-corrected chi connectivity index (χ1v) is 11.3. The summed E-state index contributed by atoms with van der Waals surface area (Å²) in [5, 5.41) is 7.36. The highest BCUT2D eigenvalue weighted by atomic mass is 35.5. The van der Waals surface area contributed by atoms with Crippen LogP contribution in [0.1, 0.15) is 10.4 Å². The van der Waals surface area contributed by atoms with Gasteiger partial charge in [-0.3, -0.25) is 9.10 Å². The summed E-state index contributed by atoms with van der Waals surface area (Å²) in [6.45, 7) is 3.70. The molecule has 0 spiro atoms. The molecule has 0 unspecified atom stereocenters. The number of amides is 1. The van der Waals surface area contributed by atoms with Crippen LogP contribution in [0.2, 0.25) is 5.02 Å². The largest absolute Gasteiger partial charge is 0.306 e. The van der Waals surface area contributed by atoms with Crippen molar-refractivity contribution < 1.29 is 13.2 Å². The molecule has 0 bridgehead atoms. The molecule has 4 rings (SSSR count). The van der Waals surface area contributed by atoms with Crippen molar-refractivity contribution in [3.8, 4) is 0 Å². The second-order valence-corrected chi connectivity index (χ2v) is 9.01. The van der Waals surface area contributed by atoms with Crippen LogP contribution in [0.5, 0.6) is 0 Å². The number of halogens is 1. The van der Waals surface area contributed by atoms with Gasteiger partial charge in [-0.15, -0.1) is 6.58 Å². The number of fused-ring (bicyclic) bond motifs is 1. The molecule has 1 amide bonds. The van der Waals surface area contributed by atoms with Crippen LogP contribution in [0.3, 0.4) is 0 Å². The molecular weight excluding hydrogens is 450 g/mol. The minimum absolute atomic E-state index is 0.0269. The van der Waals surface area contributed by atoms with E-state index >= 15 is 0 Å². The third-order valence-electron chi connectivity index (χ3n) is 4.63. The number of nitrogens with zero attached hydrogens (tertiary/aromatic N) is 4. The van der Waals surface area contributed by atoms with E-state index in [1.54, 1.807) is 48.8 Å². The second kappa shape index (κ2) is 8.81. The summed E-state index contributed by atoms with van der Waals surface area (Å²) in [4.78, 5) is 17.0. The number of carbonyl (C=O) groups excluding carboxylic acids is 1. The Hall–Kier alpha value is -3.69. The lowest BCUT2D eigenvalue weighted by molar-refractivity contribution is 0.102. The van der Waals surface area contributed by atoms with Gasteiger partial charge in [0.05, 0.1) is 23.3 Å². The van der Waals surface area contributed by atoms with E-state index in [1.165, 1.54) is 39.2 Å². The highest BCUT2D eigenvalue weighted by molar-refractivity contribution is 7.92. The minimum Gasteiger partial charge on any atom is -0.306 e. The van der Waals surface area contributed by atoms with Crippen molar-refractivity contribution in [3.63, 3.8) is 0 Å². The molecule has 32 heavy (non-hydrogen) atoms. The maximum atomic E-state index is 13.4. The van der Waals surface area contributed by atoms with E-state index in [0.717, 1.165) is 0 Å². The molecule has 8 nitrogen and oxygen atoms in total. The van der Waals surface area contributed by atoms with Gasteiger partial charge in [0.15, 0.2) is 5.65 Å². The third kappa shape index (κ3) is 4.20. The predicted octanol–water partition coefficient (Wildman–Crippen LogP) is 4.02. The lowest BCUT2D eigenvalue weighted by Gasteiger charge is -2.23. The van der Waals surface area contributed by atoms with Crippen LogP contribution in [0, 0.1) is 0 Å². The van der Waals surface area contributed by atoms with Crippen LogP contribution in [0.15, 0.2) is 90.6 Å². The Morgan fingerprint density at radius 1 is 1.12 bits per heavy atom. The van der Waals surface area contributed by atoms with Crippen molar-refractivity contribution in [2.45, 2.75) is 4.90 Å². The minimum atomic E-state index is -3.97. The summed E-state index contributed by atoms with van der Waals surface area (Å²) in [5.41, 5.74) is 1.18. The molecule has 4 aromatic rings. The summed E-state index contributed by atoms with van der Waals surface area (Å²) < 4.78 is 29.4. The van der Waals surface area contributed by atoms with Crippen molar-refractivity contribution in [2.24, 2.45) is 0 Å². The van der Waals surface area contributed by atoms with Gasteiger partial charge in [-0.05, 0) is 48.5 Å². The number of hydrogen-bond acceptors (Lipinski definition) is 5. The van der Waals surface area contributed by atoms with Gasteiger partial charge in [0.2, 0.25) is 0 Å². The van der Waals surface area contributed by atoms with Gasteiger partial charge in [0, 0.05) is 22.8 Å². The molecule has 0 saturated carbocycles. The van der Waals surface area contributed by atoms with Gasteiger partial charge in [-0.2, -0.15) is 9.61 Å². The molecule has 2 heterocycles. The summed E-state index contributed by atoms with van der Waals surface area (Å²) in [7, 11) is -3.97. The normalized spacial score (nSPS) is 11.3. The summed E-state index contributed by atoms with van der Waals surface area (Å²) in [6.07, 6.45) is 4.60. The fraction of sp³-hybridized carbons (Fsp3) is 0.0455. The molecule has 0 aliphatic rings. The molecule has 0 saturated heterocycles. The average Bonchev–Trinajstić information content (AvgIpc) is 3.28. The topological polar surface area (TPSA) is 96.7 Å². The first-order chi connectivity index (χ1) is 15.4. The third-order valence-corrected chi connectivity index (χ3v) is 6.67. The number of nitrogens with one attached hydrogen (secondary N) is 1. The maximum Gasteiger partial charge on any atom is 0.264 e. The average molecular weight is 468 g/mol. The van der Waals surface area contributed by atoms with Crippen LogP contribution in [-0.2, 0) is 10.0 Å². The molecule has 2 aromatic carbocycles. The maximum absolute atomic E-state index is 13.4. The number of carbonyl (C=O) groups is 1. The van der Waals surface area contributed by atoms with Crippen molar-refractivity contribution in [2.75, 3.05) is 16.2 Å². The molecule has 0 atom stereocenters. The molecule has 0 radical (unpaired) electrons. The van der Waals surface area contributed by atoms with E-state index in [-0.39, 0.29) is 17.0 Å². The van der Waals surface area contributed by atoms with Crippen molar-refractivity contribution in [1.29, 1.82) is 0 Å². The van der Waals surface area contributed by atoms with Gasteiger partial charge < -0.3 is 5.32 Å². The van der Waals surface area contributed by atoms with Gasteiger partial charge in [0.1, 0.15) is 5.82 Å². The second-order valence-electron chi connectivity index (χ2n) is 6.71. The van der Waals surface area contributed by atoms with Gasteiger partial charge in [-0.25, -0.2) is 13.4 Å². The number of sulfonamides is 1. The zero-order valence-corrected chi connectivity index (χ0v) is 18.3. The summed E-state index contributed by atoms with van der Waals surface area (Å²) in [6, 6.07) is 15.6. The van der Waals surface area contributed by atoms with E-state index in [4.69, 9.17) is 11.6 Å². The molecule has 162 valence electrons. The van der Waals surface area contributed by atoms with Crippen LogP contribution in [0.4, 0.5) is 11.5 Å². The zero-order valence-electron chi connectivity index (χ0n) is 16.7. The Balaban J connectivity index is 1.66. The molecule has 0 fully saturated rings. The van der Waals surface area contributed by atoms with E-state index in [2.05, 4.69) is 22.0 Å². The SMILES string of the molecule is C=CCN(c1ccc(Cl)cc1)S(=O)(=O)c1cccc(C(=O)Nc2ccnc3ccnn23)c1. The monoisotopic (exact) mass is 467 g/mol. The number of hydrogen-bond donors (Lipinski definition) is 1. The Morgan fingerprint density at radius 2 is 1.91 bits per heavy atom. The highest BCUT2D eigenvalue weighted by Gasteiger charge is 2.25. The van der Waals surface area contributed by atoms with Gasteiger partial charge in [0.25, 0.3) is 15.9 Å². The lowest BCUT2D eigenvalue weighted by atomic mass is 10.2. The lowest BCUT2D eigenvalue weighted by Crippen LogP contribution is -2.31. The number of rotatable bonds is 7. The van der Waals surface area contributed by atoms with Gasteiger partial charge >= 0.3 is 0 Å². The van der Waals surface area contributed by atoms with Crippen LogP contribution >= 0.6 is 11.6 Å². The van der Waals surface area contributed by atoms with E-state index < -0.39 is 15.9 Å². The molecule has 2 aromatic heterocycles. The summed E-state index contributed by atoms with van der Waals surface area (Å²) >= 11 is 5.93. The fourth-order valence-electron chi connectivity index (χ4n) is 3.11. The van der Waals surface area contributed by atoms with Crippen molar-refractivity contribution in [3.05, 3.63) is 96.3 Å². The van der Waals surface area contributed by atoms with Gasteiger partial charge in [-0.1, -0.05) is 23.7 Å². The Kier molecular flexibility index (Phi) is 5.93. The highest BCUT2D eigenvalue weighted by Crippen LogP contribution is 2.26. The standard InChI is InChI=1S/C22H18ClN5O3S/c1-2-14-27(18-8-6-17(23)7-9-18)32(30,31)19-5-3-4-16(15-19)22(29)26-21-10-12-24-20-11-13-25-28(20)21/h2-13,15H,1,14H2,(H,26,29). The molecular formula is C22H18ClN5O3S. The van der Waals surface area contributed by atoms with Crippen LogP contribution < -0.4 is 9.62 Å². The number of benzene rings is 2. The molecule has 10 heteroatoms. The van der Waals surface area contributed by atoms with E-state index in [0.29, 0.717) is 22.2 Å². The molecule has 1 N–H and O–H groups in total. The van der Waals surface area contributed by atoms with E-state index in [1.807, 2.05) is 0 Å². The summed E-state index contributed by atoms with van der Waals surface area (Å²) in [5.74, 6) is -0.0699. The van der Waals surface area contributed by atoms with Crippen LogP contribution in [0.25, 0.3) is 5.65 Å². The van der Waals surface area contributed by atoms with Crippen molar-refractivity contribution >= 4 is 44.7 Å². The first-order valence-electron chi connectivity index (χ1n) is 9.49.